The van der Waals surface area contributed by atoms with Gasteiger partial charge in [-0.25, -0.2) is 4.98 Å². The van der Waals surface area contributed by atoms with Gasteiger partial charge in [0.15, 0.2) is 6.61 Å². The van der Waals surface area contributed by atoms with Crippen molar-refractivity contribution in [2.24, 2.45) is 0 Å². The van der Waals surface area contributed by atoms with Gasteiger partial charge in [-0.15, -0.1) is 0 Å². The fraction of sp³-hybridized carbons (Fsp3) is 0.0909. The molecule has 0 aliphatic heterocycles. The second kappa shape index (κ2) is 7.90. The van der Waals surface area contributed by atoms with E-state index in [-0.39, 0.29) is 5.75 Å². The minimum Gasteiger partial charge on any atom is -0.484 e. The van der Waals surface area contributed by atoms with Crippen molar-refractivity contribution in [1.29, 1.82) is 0 Å². The monoisotopic (exact) mass is 411 g/mol. The van der Waals surface area contributed by atoms with Crippen molar-refractivity contribution in [3.8, 4) is 17.0 Å². The summed E-state index contributed by atoms with van der Waals surface area (Å²) in [4.78, 5) is 16.9. The molecule has 5 nitrogen and oxygen atoms in total. The zero-order chi connectivity index (χ0) is 21.1. The van der Waals surface area contributed by atoms with E-state index in [1.54, 1.807) is 12.1 Å². The van der Waals surface area contributed by atoms with Crippen LogP contribution in [-0.2, 0) is 11.0 Å². The van der Waals surface area contributed by atoms with Gasteiger partial charge in [-0.2, -0.15) is 13.2 Å². The Bertz CT molecular complexity index is 1170. The van der Waals surface area contributed by atoms with E-state index in [9.17, 15) is 18.0 Å². The fourth-order valence-electron chi connectivity index (χ4n) is 2.98. The van der Waals surface area contributed by atoms with Crippen LogP contribution in [-0.4, -0.2) is 21.9 Å². The topological polar surface area (TPSA) is 55.6 Å². The fourth-order valence-corrected chi connectivity index (χ4v) is 2.98. The molecule has 2 aromatic carbocycles. The Hall–Kier alpha value is -3.81. The first-order valence-electron chi connectivity index (χ1n) is 9.03. The zero-order valence-electron chi connectivity index (χ0n) is 15.6. The molecule has 0 saturated carbocycles. The van der Waals surface area contributed by atoms with Crippen molar-refractivity contribution in [2.45, 2.75) is 6.18 Å². The van der Waals surface area contributed by atoms with Gasteiger partial charge in [-0.05, 0) is 36.4 Å². The number of aromatic nitrogens is 2. The summed E-state index contributed by atoms with van der Waals surface area (Å²) in [5.74, 6) is -0.530. The number of benzene rings is 2. The average Bonchev–Trinajstić information content (AvgIpc) is 3.16. The molecule has 152 valence electrons. The van der Waals surface area contributed by atoms with Gasteiger partial charge in [0.05, 0.1) is 16.9 Å². The van der Waals surface area contributed by atoms with Crippen LogP contribution in [0.4, 0.5) is 18.9 Å². The predicted molar refractivity (Wildman–Crippen MR) is 106 cm³/mol. The number of hydrogen-bond acceptors (Lipinski definition) is 3. The maximum Gasteiger partial charge on any atom is 0.416 e. The number of rotatable bonds is 5. The van der Waals surface area contributed by atoms with Gasteiger partial charge in [-0.3, -0.25) is 4.79 Å². The van der Waals surface area contributed by atoms with E-state index in [0.717, 1.165) is 17.8 Å². The molecule has 4 rings (SSSR count). The molecule has 0 radical (unpaired) electrons. The quantitative estimate of drug-likeness (QED) is 0.501. The van der Waals surface area contributed by atoms with Crippen LogP contribution in [0.5, 0.6) is 5.75 Å². The summed E-state index contributed by atoms with van der Waals surface area (Å²) in [6, 6.07) is 17.2. The number of halogens is 3. The van der Waals surface area contributed by atoms with Crippen LogP contribution in [0.2, 0.25) is 0 Å². The van der Waals surface area contributed by atoms with E-state index in [1.165, 1.54) is 12.1 Å². The Morgan fingerprint density at radius 3 is 2.63 bits per heavy atom. The second-order valence-corrected chi connectivity index (χ2v) is 6.50. The standard InChI is InChI=1S/C22H16F3N3O2/c23-22(24,25)15-6-5-7-16(12-15)30-14-21(29)27-18-9-2-1-8-17(18)19-13-28-11-4-3-10-20(28)26-19/h1-13H,14H2,(H,27,29). The summed E-state index contributed by atoms with van der Waals surface area (Å²) >= 11 is 0. The third-order valence-corrected chi connectivity index (χ3v) is 4.37. The average molecular weight is 411 g/mol. The van der Waals surface area contributed by atoms with Crippen LogP contribution in [0.3, 0.4) is 0 Å². The summed E-state index contributed by atoms with van der Waals surface area (Å²) < 4.78 is 45.5. The summed E-state index contributed by atoms with van der Waals surface area (Å²) in [6.45, 7) is -0.430. The third kappa shape index (κ3) is 4.27. The van der Waals surface area contributed by atoms with E-state index >= 15 is 0 Å². The minimum atomic E-state index is -4.48. The van der Waals surface area contributed by atoms with Crippen LogP contribution < -0.4 is 10.1 Å². The normalized spacial score (nSPS) is 11.4. The van der Waals surface area contributed by atoms with Gasteiger partial charge < -0.3 is 14.5 Å². The SMILES string of the molecule is O=C(COc1cccc(C(F)(F)F)c1)Nc1ccccc1-c1cn2ccccc2n1. The highest BCUT2D eigenvalue weighted by atomic mass is 19.4. The van der Waals surface area contributed by atoms with Crippen LogP contribution in [0.25, 0.3) is 16.9 Å². The largest absolute Gasteiger partial charge is 0.484 e. The molecule has 1 amide bonds. The highest BCUT2D eigenvalue weighted by Gasteiger charge is 2.30. The number of ether oxygens (including phenoxy) is 1. The summed E-state index contributed by atoms with van der Waals surface area (Å²) in [6.07, 6.45) is -0.760. The molecule has 0 bridgehead atoms. The van der Waals surface area contributed by atoms with E-state index in [1.807, 2.05) is 47.1 Å². The molecule has 0 aliphatic rings. The first-order chi connectivity index (χ1) is 14.4. The molecule has 0 spiro atoms. The van der Waals surface area contributed by atoms with Gasteiger partial charge in [0.25, 0.3) is 5.91 Å². The van der Waals surface area contributed by atoms with Crippen LogP contribution >= 0.6 is 0 Å². The van der Waals surface area contributed by atoms with Crippen molar-refractivity contribution in [3.05, 3.63) is 84.7 Å². The van der Waals surface area contributed by atoms with Gasteiger partial charge in [0.1, 0.15) is 11.4 Å². The number of hydrogen-bond donors (Lipinski definition) is 1. The Balaban J connectivity index is 1.48. The van der Waals surface area contributed by atoms with Crippen molar-refractivity contribution >= 4 is 17.2 Å². The number of anilines is 1. The number of carbonyl (C=O) groups is 1. The lowest BCUT2D eigenvalue weighted by atomic mass is 10.1. The van der Waals surface area contributed by atoms with Crippen molar-refractivity contribution < 1.29 is 22.7 Å². The Kier molecular flexibility index (Phi) is 5.14. The van der Waals surface area contributed by atoms with Crippen molar-refractivity contribution in [2.75, 3.05) is 11.9 Å². The first-order valence-corrected chi connectivity index (χ1v) is 9.03. The molecule has 0 fully saturated rings. The minimum absolute atomic E-state index is 0.0337. The molecule has 2 aromatic heterocycles. The van der Waals surface area contributed by atoms with E-state index in [2.05, 4.69) is 10.3 Å². The lowest BCUT2D eigenvalue weighted by Gasteiger charge is -2.12. The van der Waals surface area contributed by atoms with Crippen molar-refractivity contribution in [3.63, 3.8) is 0 Å². The van der Waals surface area contributed by atoms with E-state index < -0.39 is 24.3 Å². The predicted octanol–water partition coefficient (Wildman–Crippen LogP) is 5.04. The number of nitrogens with zero attached hydrogens (tertiary/aromatic N) is 2. The first kappa shape index (κ1) is 19.5. The molecular weight excluding hydrogens is 395 g/mol. The molecule has 4 aromatic rings. The number of imidazole rings is 1. The molecule has 0 aliphatic carbocycles. The summed E-state index contributed by atoms with van der Waals surface area (Å²) in [7, 11) is 0. The zero-order valence-corrected chi connectivity index (χ0v) is 15.6. The molecule has 2 heterocycles. The van der Waals surface area contributed by atoms with Crippen LogP contribution in [0.15, 0.2) is 79.1 Å². The lowest BCUT2D eigenvalue weighted by molar-refractivity contribution is -0.137. The second-order valence-electron chi connectivity index (χ2n) is 6.50. The van der Waals surface area contributed by atoms with Crippen LogP contribution in [0.1, 0.15) is 5.56 Å². The van der Waals surface area contributed by atoms with Gasteiger partial charge in [-0.1, -0.05) is 30.3 Å². The highest BCUT2D eigenvalue weighted by molar-refractivity contribution is 5.96. The van der Waals surface area contributed by atoms with E-state index in [4.69, 9.17) is 4.74 Å². The van der Waals surface area contributed by atoms with E-state index in [0.29, 0.717) is 16.9 Å². The highest BCUT2D eigenvalue weighted by Crippen LogP contribution is 2.31. The number of fused-ring (bicyclic) bond motifs is 1. The number of alkyl halides is 3. The number of para-hydroxylation sites is 1. The lowest BCUT2D eigenvalue weighted by Crippen LogP contribution is -2.20. The Labute approximate surface area is 169 Å². The molecular formula is C22H16F3N3O2. The summed E-state index contributed by atoms with van der Waals surface area (Å²) in [5.41, 5.74) is 1.85. The summed E-state index contributed by atoms with van der Waals surface area (Å²) in [5, 5.41) is 2.73. The smallest absolute Gasteiger partial charge is 0.416 e. The maximum absolute atomic E-state index is 12.8. The van der Waals surface area contributed by atoms with Crippen LogP contribution in [0, 0.1) is 0 Å². The Morgan fingerprint density at radius 1 is 1.03 bits per heavy atom. The van der Waals surface area contributed by atoms with Gasteiger partial charge >= 0.3 is 6.18 Å². The number of pyridine rings is 1. The maximum atomic E-state index is 12.8. The number of carbonyl (C=O) groups excluding carboxylic acids is 1. The molecule has 30 heavy (non-hydrogen) atoms. The molecule has 8 heteroatoms. The number of nitrogens with one attached hydrogen (secondary N) is 1. The molecule has 0 saturated heterocycles. The third-order valence-electron chi connectivity index (χ3n) is 4.37. The molecule has 0 unspecified atom stereocenters. The molecule has 0 atom stereocenters. The Morgan fingerprint density at radius 2 is 1.83 bits per heavy atom. The van der Waals surface area contributed by atoms with Gasteiger partial charge in [0.2, 0.25) is 0 Å². The van der Waals surface area contributed by atoms with Gasteiger partial charge in [0, 0.05) is 18.0 Å². The van der Waals surface area contributed by atoms with Crippen molar-refractivity contribution in [1.82, 2.24) is 9.38 Å². The number of amides is 1. The molecule has 1 N–H and O–H groups in total.